The second-order valence-electron chi connectivity index (χ2n) is 5.71. The van der Waals surface area contributed by atoms with Crippen LogP contribution in [0.3, 0.4) is 0 Å². The van der Waals surface area contributed by atoms with Crippen LogP contribution in [0.5, 0.6) is 5.75 Å². The summed E-state index contributed by atoms with van der Waals surface area (Å²) in [6.07, 6.45) is 0.808. The van der Waals surface area contributed by atoms with Crippen molar-refractivity contribution in [3.63, 3.8) is 0 Å². The van der Waals surface area contributed by atoms with E-state index in [4.69, 9.17) is 15.2 Å². The first-order chi connectivity index (χ1) is 9.40. The lowest BCUT2D eigenvalue weighted by molar-refractivity contribution is 0.0814. The van der Waals surface area contributed by atoms with Gasteiger partial charge in [0.05, 0.1) is 6.61 Å². The molecule has 0 aliphatic heterocycles. The monoisotopic (exact) mass is 343 g/mol. The molecule has 0 heterocycles. The summed E-state index contributed by atoms with van der Waals surface area (Å²) >= 11 is 3.52. The average Bonchev–Trinajstić information content (AvgIpc) is 2.30. The Balaban J connectivity index is 2.63. The fraction of sp³-hybridized carbons (Fsp3) is 0.625. The van der Waals surface area contributed by atoms with Crippen molar-refractivity contribution in [2.24, 2.45) is 11.7 Å². The van der Waals surface area contributed by atoms with E-state index >= 15 is 0 Å². The van der Waals surface area contributed by atoms with Crippen molar-refractivity contribution < 1.29 is 9.47 Å². The van der Waals surface area contributed by atoms with Gasteiger partial charge in [-0.05, 0) is 49.4 Å². The highest BCUT2D eigenvalue weighted by molar-refractivity contribution is 9.10. The molecule has 0 aliphatic rings. The second kappa shape index (κ2) is 8.65. The SMILES string of the molecule is Cc1cc(Br)cc(CC(C)N)c1OCCOCC(C)C. The summed E-state index contributed by atoms with van der Waals surface area (Å²) in [6, 6.07) is 4.26. The van der Waals surface area contributed by atoms with E-state index in [0.29, 0.717) is 19.1 Å². The molecule has 0 radical (unpaired) electrons. The molecule has 0 amide bonds. The summed E-state index contributed by atoms with van der Waals surface area (Å²) < 4.78 is 12.5. The number of rotatable bonds is 8. The molecule has 1 unspecified atom stereocenters. The number of hydrogen-bond donors (Lipinski definition) is 1. The molecule has 2 N–H and O–H groups in total. The summed E-state index contributed by atoms with van der Waals surface area (Å²) in [5.74, 6) is 1.50. The Morgan fingerprint density at radius 2 is 1.90 bits per heavy atom. The number of hydrogen-bond acceptors (Lipinski definition) is 3. The third kappa shape index (κ3) is 6.25. The number of ether oxygens (including phenoxy) is 2. The number of aryl methyl sites for hydroxylation is 1. The molecule has 0 fully saturated rings. The lowest BCUT2D eigenvalue weighted by Gasteiger charge is -2.16. The van der Waals surface area contributed by atoms with E-state index in [-0.39, 0.29) is 6.04 Å². The Labute approximate surface area is 131 Å². The second-order valence-corrected chi connectivity index (χ2v) is 6.63. The van der Waals surface area contributed by atoms with Crippen LogP contribution in [0.4, 0.5) is 0 Å². The van der Waals surface area contributed by atoms with E-state index in [1.165, 1.54) is 0 Å². The van der Waals surface area contributed by atoms with Gasteiger partial charge in [0.1, 0.15) is 12.4 Å². The molecular formula is C16H26BrNO2. The molecule has 4 heteroatoms. The molecule has 0 aromatic heterocycles. The van der Waals surface area contributed by atoms with E-state index in [9.17, 15) is 0 Å². The largest absolute Gasteiger partial charge is 0.491 e. The molecular weight excluding hydrogens is 318 g/mol. The van der Waals surface area contributed by atoms with Gasteiger partial charge < -0.3 is 15.2 Å². The Morgan fingerprint density at radius 1 is 1.20 bits per heavy atom. The molecule has 3 nitrogen and oxygen atoms in total. The zero-order valence-corrected chi connectivity index (χ0v) is 14.5. The summed E-state index contributed by atoms with van der Waals surface area (Å²) in [4.78, 5) is 0. The summed E-state index contributed by atoms with van der Waals surface area (Å²) in [5.41, 5.74) is 8.18. The van der Waals surface area contributed by atoms with Gasteiger partial charge in [-0.15, -0.1) is 0 Å². The molecule has 0 bridgehead atoms. The molecule has 1 aromatic rings. The molecule has 0 saturated heterocycles. The van der Waals surface area contributed by atoms with Gasteiger partial charge in [-0.3, -0.25) is 0 Å². The van der Waals surface area contributed by atoms with Crippen LogP contribution >= 0.6 is 15.9 Å². The minimum Gasteiger partial charge on any atom is -0.491 e. The maximum Gasteiger partial charge on any atom is 0.125 e. The Bertz CT molecular complexity index is 419. The Hall–Kier alpha value is -0.580. The average molecular weight is 344 g/mol. The van der Waals surface area contributed by atoms with Crippen molar-refractivity contribution in [1.29, 1.82) is 0 Å². The van der Waals surface area contributed by atoms with Crippen LogP contribution in [0, 0.1) is 12.8 Å². The predicted molar refractivity (Wildman–Crippen MR) is 87.4 cm³/mol. The predicted octanol–water partition coefficient (Wildman–Crippen LogP) is 3.70. The summed E-state index contributed by atoms with van der Waals surface area (Å²) in [6.45, 7) is 10.3. The lowest BCUT2D eigenvalue weighted by Crippen LogP contribution is -2.19. The van der Waals surface area contributed by atoms with Crippen LogP contribution in [-0.4, -0.2) is 25.9 Å². The van der Waals surface area contributed by atoms with Crippen molar-refractivity contribution in [3.05, 3.63) is 27.7 Å². The molecule has 0 saturated carbocycles. The minimum atomic E-state index is 0.114. The molecule has 1 rings (SSSR count). The van der Waals surface area contributed by atoms with Gasteiger partial charge in [0, 0.05) is 17.1 Å². The van der Waals surface area contributed by atoms with Gasteiger partial charge in [-0.2, -0.15) is 0 Å². The quantitative estimate of drug-likeness (QED) is 0.732. The van der Waals surface area contributed by atoms with Gasteiger partial charge in [-0.1, -0.05) is 29.8 Å². The van der Waals surface area contributed by atoms with E-state index in [2.05, 4.69) is 48.8 Å². The van der Waals surface area contributed by atoms with Crippen molar-refractivity contribution in [3.8, 4) is 5.75 Å². The van der Waals surface area contributed by atoms with Gasteiger partial charge in [0.15, 0.2) is 0 Å². The fourth-order valence-corrected chi connectivity index (χ4v) is 2.65. The molecule has 0 spiro atoms. The first kappa shape index (κ1) is 17.5. The Kier molecular flexibility index (Phi) is 7.56. The maximum atomic E-state index is 5.91. The van der Waals surface area contributed by atoms with E-state index < -0.39 is 0 Å². The summed E-state index contributed by atoms with van der Waals surface area (Å²) in [7, 11) is 0. The molecule has 1 atom stereocenters. The third-order valence-corrected chi connectivity index (χ3v) is 3.24. The molecule has 0 aliphatic carbocycles. The highest BCUT2D eigenvalue weighted by Crippen LogP contribution is 2.29. The summed E-state index contributed by atoms with van der Waals surface area (Å²) in [5, 5.41) is 0. The third-order valence-electron chi connectivity index (χ3n) is 2.78. The molecule has 114 valence electrons. The Morgan fingerprint density at radius 3 is 2.50 bits per heavy atom. The van der Waals surface area contributed by atoms with Crippen LogP contribution in [0.25, 0.3) is 0 Å². The fourth-order valence-electron chi connectivity index (χ4n) is 2.03. The van der Waals surface area contributed by atoms with Gasteiger partial charge in [-0.25, -0.2) is 0 Å². The molecule has 20 heavy (non-hydrogen) atoms. The van der Waals surface area contributed by atoms with Crippen LogP contribution in [0.15, 0.2) is 16.6 Å². The first-order valence-corrected chi connectivity index (χ1v) is 7.94. The van der Waals surface area contributed by atoms with Crippen LogP contribution in [0.1, 0.15) is 31.9 Å². The standard InChI is InChI=1S/C16H26BrNO2/c1-11(2)10-19-5-6-20-16-12(3)7-15(17)9-14(16)8-13(4)18/h7,9,11,13H,5-6,8,10,18H2,1-4H3. The zero-order chi connectivity index (χ0) is 15.1. The number of benzene rings is 1. The van der Waals surface area contributed by atoms with Gasteiger partial charge in [0.2, 0.25) is 0 Å². The van der Waals surface area contributed by atoms with Crippen molar-refractivity contribution in [1.82, 2.24) is 0 Å². The smallest absolute Gasteiger partial charge is 0.125 e. The van der Waals surface area contributed by atoms with Gasteiger partial charge in [0.25, 0.3) is 0 Å². The van der Waals surface area contributed by atoms with Gasteiger partial charge >= 0.3 is 0 Å². The van der Waals surface area contributed by atoms with Crippen LogP contribution in [0.2, 0.25) is 0 Å². The van der Waals surface area contributed by atoms with Crippen LogP contribution in [-0.2, 0) is 11.2 Å². The maximum absolute atomic E-state index is 5.91. The van der Waals surface area contributed by atoms with E-state index in [1.807, 2.05) is 6.92 Å². The molecule has 1 aromatic carbocycles. The normalized spacial score (nSPS) is 12.8. The highest BCUT2D eigenvalue weighted by Gasteiger charge is 2.11. The van der Waals surface area contributed by atoms with Crippen molar-refractivity contribution in [2.75, 3.05) is 19.8 Å². The van der Waals surface area contributed by atoms with E-state index in [0.717, 1.165) is 34.4 Å². The topological polar surface area (TPSA) is 44.5 Å². The van der Waals surface area contributed by atoms with Crippen molar-refractivity contribution >= 4 is 15.9 Å². The number of halogens is 1. The zero-order valence-electron chi connectivity index (χ0n) is 12.9. The van der Waals surface area contributed by atoms with Crippen molar-refractivity contribution in [2.45, 2.75) is 40.2 Å². The lowest BCUT2D eigenvalue weighted by atomic mass is 10.0. The van der Waals surface area contributed by atoms with E-state index in [1.54, 1.807) is 0 Å². The highest BCUT2D eigenvalue weighted by atomic mass is 79.9. The van der Waals surface area contributed by atoms with Crippen LogP contribution < -0.4 is 10.5 Å². The first-order valence-electron chi connectivity index (χ1n) is 7.15. The minimum absolute atomic E-state index is 0.114. The number of nitrogens with two attached hydrogens (primary N) is 1.